The molecule has 0 radical (unpaired) electrons. The average molecular weight is 645 g/mol. The summed E-state index contributed by atoms with van der Waals surface area (Å²) in [5.74, 6) is -0.208. The van der Waals surface area contributed by atoms with Gasteiger partial charge in [-0.15, -0.1) is 0 Å². The van der Waals surface area contributed by atoms with Crippen molar-refractivity contribution in [3.8, 4) is 0 Å². The fourth-order valence-electron chi connectivity index (χ4n) is 5.03. The molecule has 0 spiro atoms. The standard InChI is InChI=1S/C35H69N2O6P/c1-3-5-7-9-11-13-15-16-17-18-19-20-22-24-26-28-34(38)33(32-43-44(40,41)42-31-30-36)37-35(39)29-27-25-23-21-14-12-10-8-6-4-2/h19-20,26,28,33-34,38H,3-18,21-25,27,29-32,36H2,1-2H3,(H,37,39)(H,40,41)/b20-19+,28-26+. The van der Waals surface area contributed by atoms with Gasteiger partial charge >= 0.3 is 7.82 Å². The quantitative estimate of drug-likeness (QED) is 0.0318. The summed E-state index contributed by atoms with van der Waals surface area (Å²) in [5.41, 5.74) is 5.34. The van der Waals surface area contributed by atoms with Crippen LogP contribution in [0.25, 0.3) is 0 Å². The summed E-state index contributed by atoms with van der Waals surface area (Å²) in [6, 6.07) is -0.869. The predicted molar refractivity (Wildman–Crippen MR) is 185 cm³/mol. The van der Waals surface area contributed by atoms with Gasteiger partial charge in [0.05, 0.1) is 25.4 Å². The van der Waals surface area contributed by atoms with Gasteiger partial charge in [0.25, 0.3) is 0 Å². The lowest BCUT2D eigenvalue weighted by molar-refractivity contribution is -0.123. The predicted octanol–water partition coefficient (Wildman–Crippen LogP) is 9.05. The van der Waals surface area contributed by atoms with Crippen LogP contribution in [0.5, 0.6) is 0 Å². The number of aliphatic hydroxyl groups is 1. The molecule has 0 aliphatic heterocycles. The first-order valence-electron chi connectivity index (χ1n) is 18.0. The molecule has 9 heteroatoms. The van der Waals surface area contributed by atoms with Crippen LogP contribution in [-0.2, 0) is 18.4 Å². The topological polar surface area (TPSA) is 131 Å². The lowest BCUT2D eigenvalue weighted by Crippen LogP contribution is -2.45. The summed E-state index contributed by atoms with van der Waals surface area (Å²) >= 11 is 0. The van der Waals surface area contributed by atoms with E-state index in [0.717, 1.165) is 38.5 Å². The van der Waals surface area contributed by atoms with E-state index in [1.54, 1.807) is 6.08 Å². The Morgan fingerprint density at radius 3 is 1.75 bits per heavy atom. The van der Waals surface area contributed by atoms with Crippen LogP contribution in [0, 0.1) is 0 Å². The Morgan fingerprint density at radius 2 is 1.20 bits per heavy atom. The van der Waals surface area contributed by atoms with Crippen molar-refractivity contribution in [2.45, 2.75) is 174 Å². The first kappa shape index (κ1) is 43.0. The zero-order valence-electron chi connectivity index (χ0n) is 28.4. The average Bonchev–Trinajstić information content (AvgIpc) is 3.01. The van der Waals surface area contributed by atoms with Gasteiger partial charge in [0.1, 0.15) is 0 Å². The van der Waals surface area contributed by atoms with E-state index in [1.807, 2.05) is 6.08 Å². The van der Waals surface area contributed by atoms with Crippen LogP contribution in [0.4, 0.5) is 0 Å². The second-order valence-electron chi connectivity index (χ2n) is 12.1. The van der Waals surface area contributed by atoms with Crippen molar-refractivity contribution in [2.75, 3.05) is 19.8 Å². The minimum atomic E-state index is -4.33. The SMILES string of the molecule is CCCCCCCCCCC/C=C/CC/C=C/C(O)C(COP(=O)(O)OCCN)NC(=O)CCCCCCCCCCCC. The van der Waals surface area contributed by atoms with Crippen molar-refractivity contribution >= 4 is 13.7 Å². The number of nitrogens with two attached hydrogens (primary N) is 1. The number of amides is 1. The maximum atomic E-state index is 12.6. The molecule has 260 valence electrons. The van der Waals surface area contributed by atoms with Crippen molar-refractivity contribution < 1.29 is 28.4 Å². The van der Waals surface area contributed by atoms with Crippen LogP contribution in [0.1, 0.15) is 162 Å². The third-order valence-corrected chi connectivity index (χ3v) is 8.76. The van der Waals surface area contributed by atoms with E-state index in [4.69, 9.17) is 14.8 Å². The van der Waals surface area contributed by atoms with Crippen molar-refractivity contribution in [3.63, 3.8) is 0 Å². The maximum absolute atomic E-state index is 12.6. The zero-order chi connectivity index (χ0) is 32.6. The molecule has 0 aromatic rings. The smallest absolute Gasteiger partial charge is 0.387 e. The van der Waals surface area contributed by atoms with Gasteiger partial charge in [-0.2, -0.15) is 0 Å². The number of allylic oxidation sites excluding steroid dienone is 3. The van der Waals surface area contributed by atoms with Gasteiger partial charge in [-0.1, -0.05) is 147 Å². The van der Waals surface area contributed by atoms with E-state index < -0.39 is 20.0 Å². The molecule has 0 aromatic heterocycles. The Labute approximate surface area is 270 Å². The molecule has 0 saturated heterocycles. The molecule has 0 fully saturated rings. The second-order valence-corrected chi connectivity index (χ2v) is 13.5. The van der Waals surface area contributed by atoms with Gasteiger partial charge in [-0.3, -0.25) is 13.8 Å². The molecule has 44 heavy (non-hydrogen) atoms. The van der Waals surface area contributed by atoms with Crippen LogP contribution in [-0.4, -0.2) is 47.8 Å². The van der Waals surface area contributed by atoms with Gasteiger partial charge in [0.2, 0.25) is 5.91 Å². The van der Waals surface area contributed by atoms with Crippen LogP contribution >= 0.6 is 7.82 Å². The summed E-state index contributed by atoms with van der Waals surface area (Å²) in [6.07, 6.45) is 33.7. The number of carbonyl (C=O) groups excluding carboxylic acids is 1. The number of hydrogen-bond acceptors (Lipinski definition) is 6. The first-order chi connectivity index (χ1) is 21.4. The second kappa shape index (κ2) is 31.9. The van der Waals surface area contributed by atoms with Crippen LogP contribution in [0.2, 0.25) is 0 Å². The third kappa shape index (κ3) is 29.7. The van der Waals surface area contributed by atoms with Gasteiger partial charge in [-0.25, -0.2) is 4.57 Å². The Bertz CT molecular complexity index is 749. The largest absolute Gasteiger partial charge is 0.472 e. The molecule has 3 atom stereocenters. The van der Waals surface area contributed by atoms with E-state index in [9.17, 15) is 19.4 Å². The molecule has 3 unspecified atom stereocenters. The zero-order valence-corrected chi connectivity index (χ0v) is 29.3. The highest BCUT2D eigenvalue weighted by molar-refractivity contribution is 7.47. The summed E-state index contributed by atoms with van der Waals surface area (Å²) in [4.78, 5) is 22.5. The summed E-state index contributed by atoms with van der Waals surface area (Å²) in [7, 11) is -4.33. The summed E-state index contributed by atoms with van der Waals surface area (Å²) in [5, 5.41) is 13.5. The number of nitrogens with one attached hydrogen (secondary N) is 1. The highest BCUT2D eigenvalue weighted by atomic mass is 31.2. The normalized spacial score (nSPS) is 14.8. The molecule has 5 N–H and O–H groups in total. The Hall–Kier alpha value is -1.02. The summed E-state index contributed by atoms with van der Waals surface area (Å²) in [6.45, 7) is 4.07. The lowest BCUT2D eigenvalue weighted by Gasteiger charge is -2.23. The fourth-order valence-corrected chi connectivity index (χ4v) is 5.79. The molecule has 1 amide bonds. The number of unbranched alkanes of at least 4 members (excludes halogenated alkanes) is 19. The van der Waals surface area contributed by atoms with E-state index >= 15 is 0 Å². The molecule has 8 nitrogen and oxygen atoms in total. The third-order valence-electron chi connectivity index (χ3n) is 7.78. The van der Waals surface area contributed by atoms with Crippen molar-refractivity contribution in [2.24, 2.45) is 5.73 Å². The molecule has 0 aromatic carbocycles. The number of aliphatic hydroxyl groups excluding tert-OH is 1. The van der Waals surface area contributed by atoms with Gasteiger partial charge < -0.3 is 21.1 Å². The Kier molecular flexibility index (Phi) is 31.2. The molecule has 0 aliphatic carbocycles. The number of carbonyl (C=O) groups is 1. The van der Waals surface area contributed by atoms with Crippen LogP contribution in [0.15, 0.2) is 24.3 Å². The molecular weight excluding hydrogens is 575 g/mol. The number of phosphoric ester groups is 1. The lowest BCUT2D eigenvalue weighted by atomic mass is 10.1. The van der Waals surface area contributed by atoms with E-state index in [1.165, 1.54) is 103 Å². The van der Waals surface area contributed by atoms with Crippen molar-refractivity contribution in [1.82, 2.24) is 5.32 Å². The van der Waals surface area contributed by atoms with Gasteiger partial charge in [0.15, 0.2) is 0 Å². The molecule has 0 rings (SSSR count). The molecular formula is C35H69N2O6P. The monoisotopic (exact) mass is 644 g/mol. The molecule has 0 heterocycles. The number of rotatable bonds is 33. The van der Waals surface area contributed by atoms with Crippen LogP contribution < -0.4 is 11.1 Å². The van der Waals surface area contributed by atoms with Crippen molar-refractivity contribution in [1.29, 1.82) is 0 Å². The van der Waals surface area contributed by atoms with Gasteiger partial charge in [0, 0.05) is 13.0 Å². The number of phosphoric acid groups is 1. The molecule has 0 saturated carbocycles. The van der Waals surface area contributed by atoms with Crippen molar-refractivity contribution in [3.05, 3.63) is 24.3 Å². The van der Waals surface area contributed by atoms with E-state index in [-0.39, 0.29) is 25.7 Å². The van der Waals surface area contributed by atoms with Crippen LogP contribution in [0.3, 0.4) is 0 Å². The fraction of sp³-hybridized carbons (Fsp3) is 0.857. The highest BCUT2D eigenvalue weighted by Crippen LogP contribution is 2.43. The summed E-state index contributed by atoms with van der Waals surface area (Å²) < 4.78 is 21.9. The Balaban J connectivity index is 4.40. The Morgan fingerprint density at radius 1 is 0.727 bits per heavy atom. The van der Waals surface area contributed by atoms with Gasteiger partial charge in [-0.05, 0) is 32.1 Å². The minimum Gasteiger partial charge on any atom is -0.387 e. The molecule has 0 aliphatic rings. The number of hydrogen-bond donors (Lipinski definition) is 4. The maximum Gasteiger partial charge on any atom is 0.472 e. The van der Waals surface area contributed by atoms with E-state index in [0.29, 0.717) is 6.42 Å². The first-order valence-corrected chi connectivity index (χ1v) is 19.5. The highest BCUT2D eigenvalue weighted by Gasteiger charge is 2.26. The van der Waals surface area contributed by atoms with E-state index in [2.05, 4.69) is 31.3 Å². The molecule has 0 bridgehead atoms. The minimum absolute atomic E-state index is 0.0753.